The van der Waals surface area contributed by atoms with E-state index < -0.39 is 0 Å². The number of nitrogens with one attached hydrogen (secondary N) is 2. The van der Waals surface area contributed by atoms with Crippen LogP contribution in [0.15, 0.2) is 12.5 Å². The van der Waals surface area contributed by atoms with Crippen LogP contribution in [0.4, 0.5) is 0 Å². The molecule has 16 heavy (non-hydrogen) atoms. The summed E-state index contributed by atoms with van der Waals surface area (Å²) in [5, 5.41) is 13.1. The predicted octanol–water partition coefficient (Wildman–Crippen LogP) is -0.223. The van der Waals surface area contributed by atoms with Gasteiger partial charge in [-0.2, -0.15) is 10.2 Å². The van der Waals surface area contributed by atoms with E-state index in [0.29, 0.717) is 17.9 Å². The lowest BCUT2D eigenvalue weighted by molar-refractivity contribution is 0.0949. The summed E-state index contributed by atoms with van der Waals surface area (Å²) >= 11 is 0. The van der Waals surface area contributed by atoms with Crippen molar-refractivity contribution in [2.75, 3.05) is 0 Å². The number of aromatic amines is 1. The van der Waals surface area contributed by atoms with Crippen LogP contribution >= 0.6 is 0 Å². The topological polar surface area (TPSA) is 88.5 Å². The molecule has 2 aromatic heterocycles. The fraction of sp³-hybridized carbons (Fsp3) is 0.333. The standard InChI is InChI=1S/C9H12N6O/c1-6-7(3-13-15(6)2)9(16)10-4-8-11-5-12-14-8/h3,5H,4H2,1-2H3,(H,10,16)(H,11,12,14). The van der Waals surface area contributed by atoms with Crippen LogP contribution in [0.25, 0.3) is 0 Å². The zero-order chi connectivity index (χ0) is 11.5. The molecule has 1 amide bonds. The Balaban J connectivity index is 2.01. The molecule has 2 rings (SSSR count). The number of nitrogens with zero attached hydrogens (tertiary/aromatic N) is 4. The number of carbonyl (C=O) groups excluding carboxylic acids is 1. The molecule has 0 aliphatic heterocycles. The first-order valence-corrected chi connectivity index (χ1v) is 4.79. The highest BCUT2D eigenvalue weighted by Crippen LogP contribution is 2.05. The lowest BCUT2D eigenvalue weighted by Crippen LogP contribution is -2.23. The monoisotopic (exact) mass is 220 g/mol. The lowest BCUT2D eigenvalue weighted by Gasteiger charge is -2.02. The fourth-order valence-electron chi connectivity index (χ4n) is 1.30. The first-order chi connectivity index (χ1) is 7.68. The van der Waals surface area contributed by atoms with Gasteiger partial charge < -0.3 is 5.32 Å². The number of aryl methyl sites for hydroxylation is 1. The summed E-state index contributed by atoms with van der Waals surface area (Å²) < 4.78 is 1.66. The Labute approximate surface area is 91.9 Å². The van der Waals surface area contributed by atoms with E-state index in [4.69, 9.17) is 0 Å². The van der Waals surface area contributed by atoms with Gasteiger partial charge in [0.1, 0.15) is 12.2 Å². The van der Waals surface area contributed by atoms with E-state index in [2.05, 4.69) is 25.6 Å². The molecular weight excluding hydrogens is 208 g/mol. The number of rotatable bonds is 3. The van der Waals surface area contributed by atoms with Crippen molar-refractivity contribution in [3.63, 3.8) is 0 Å². The molecule has 2 aromatic rings. The minimum atomic E-state index is -0.165. The van der Waals surface area contributed by atoms with Crippen LogP contribution in [0.2, 0.25) is 0 Å². The summed E-state index contributed by atoms with van der Waals surface area (Å²) in [6, 6.07) is 0. The highest BCUT2D eigenvalue weighted by Gasteiger charge is 2.12. The van der Waals surface area contributed by atoms with Crippen molar-refractivity contribution < 1.29 is 4.79 Å². The molecule has 0 radical (unpaired) electrons. The van der Waals surface area contributed by atoms with E-state index >= 15 is 0 Å². The Hall–Kier alpha value is -2.18. The molecule has 0 aliphatic rings. The molecule has 0 saturated carbocycles. The summed E-state index contributed by atoms with van der Waals surface area (Å²) in [5.41, 5.74) is 1.40. The van der Waals surface area contributed by atoms with Gasteiger partial charge in [0.15, 0.2) is 0 Å². The van der Waals surface area contributed by atoms with Crippen LogP contribution < -0.4 is 5.32 Å². The first-order valence-electron chi connectivity index (χ1n) is 4.79. The molecule has 0 atom stereocenters. The number of amides is 1. The molecule has 84 valence electrons. The van der Waals surface area contributed by atoms with Gasteiger partial charge in [0.25, 0.3) is 5.91 Å². The van der Waals surface area contributed by atoms with Gasteiger partial charge in [-0.25, -0.2) is 4.98 Å². The average Bonchev–Trinajstić information content (AvgIpc) is 2.88. The normalized spacial score (nSPS) is 10.4. The van der Waals surface area contributed by atoms with Crippen molar-refractivity contribution in [1.29, 1.82) is 0 Å². The van der Waals surface area contributed by atoms with Gasteiger partial charge in [0.2, 0.25) is 0 Å². The Morgan fingerprint density at radius 2 is 2.44 bits per heavy atom. The first kappa shape index (κ1) is 10.3. The van der Waals surface area contributed by atoms with Crippen molar-refractivity contribution in [1.82, 2.24) is 30.3 Å². The summed E-state index contributed by atoms with van der Waals surface area (Å²) in [4.78, 5) is 15.7. The maximum Gasteiger partial charge on any atom is 0.255 e. The second-order valence-electron chi connectivity index (χ2n) is 3.38. The van der Waals surface area contributed by atoms with E-state index in [9.17, 15) is 4.79 Å². The molecule has 0 unspecified atom stereocenters. The molecule has 7 nitrogen and oxygen atoms in total. The van der Waals surface area contributed by atoms with Crippen LogP contribution in [0.5, 0.6) is 0 Å². The van der Waals surface area contributed by atoms with Gasteiger partial charge in [-0.1, -0.05) is 0 Å². The van der Waals surface area contributed by atoms with Gasteiger partial charge >= 0.3 is 0 Å². The molecule has 0 spiro atoms. The number of carbonyl (C=O) groups is 1. The van der Waals surface area contributed by atoms with Gasteiger partial charge in [0, 0.05) is 12.7 Å². The minimum absolute atomic E-state index is 0.165. The Morgan fingerprint density at radius 3 is 3.00 bits per heavy atom. The van der Waals surface area contributed by atoms with Crippen molar-refractivity contribution in [3.05, 3.63) is 29.6 Å². The van der Waals surface area contributed by atoms with Crippen LogP contribution in [-0.4, -0.2) is 30.9 Å². The number of H-pyrrole nitrogens is 1. The third-order valence-corrected chi connectivity index (χ3v) is 2.36. The largest absolute Gasteiger partial charge is 0.345 e. The second-order valence-corrected chi connectivity index (χ2v) is 3.38. The minimum Gasteiger partial charge on any atom is -0.345 e. The lowest BCUT2D eigenvalue weighted by atomic mass is 10.2. The summed E-state index contributed by atoms with van der Waals surface area (Å²) in [6.45, 7) is 2.17. The van der Waals surface area contributed by atoms with Crippen molar-refractivity contribution in [2.24, 2.45) is 7.05 Å². The van der Waals surface area contributed by atoms with Crippen LogP contribution in [0.1, 0.15) is 21.9 Å². The maximum atomic E-state index is 11.7. The predicted molar refractivity (Wildman–Crippen MR) is 55.5 cm³/mol. The van der Waals surface area contributed by atoms with Gasteiger partial charge in [0.05, 0.1) is 18.3 Å². The molecule has 7 heteroatoms. The zero-order valence-corrected chi connectivity index (χ0v) is 9.06. The molecule has 0 bridgehead atoms. The summed E-state index contributed by atoms with van der Waals surface area (Å²) in [7, 11) is 1.79. The Kier molecular flexibility index (Phi) is 2.67. The Morgan fingerprint density at radius 1 is 1.62 bits per heavy atom. The number of hydrogen-bond donors (Lipinski definition) is 2. The summed E-state index contributed by atoms with van der Waals surface area (Å²) in [6.07, 6.45) is 2.95. The molecule has 0 aliphatic carbocycles. The molecular formula is C9H12N6O. The number of aromatic nitrogens is 5. The smallest absolute Gasteiger partial charge is 0.255 e. The summed E-state index contributed by atoms with van der Waals surface area (Å²) in [5.74, 6) is 0.455. The van der Waals surface area contributed by atoms with Crippen molar-refractivity contribution in [3.8, 4) is 0 Å². The average molecular weight is 220 g/mol. The van der Waals surface area contributed by atoms with E-state index in [1.807, 2.05) is 6.92 Å². The van der Waals surface area contributed by atoms with Crippen LogP contribution in [0.3, 0.4) is 0 Å². The highest BCUT2D eigenvalue weighted by molar-refractivity contribution is 5.94. The van der Waals surface area contributed by atoms with Gasteiger partial charge in [-0.05, 0) is 6.92 Å². The molecule has 0 aromatic carbocycles. The van der Waals surface area contributed by atoms with Crippen LogP contribution in [-0.2, 0) is 13.6 Å². The van der Waals surface area contributed by atoms with Gasteiger partial charge in [-0.3, -0.25) is 14.6 Å². The van der Waals surface area contributed by atoms with E-state index in [0.717, 1.165) is 5.69 Å². The quantitative estimate of drug-likeness (QED) is 0.748. The third kappa shape index (κ3) is 1.92. The van der Waals surface area contributed by atoms with E-state index in [-0.39, 0.29) is 5.91 Å². The van der Waals surface area contributed by atoms with E-state index in [1.54, 1.807) is 17.9 Å². The zero-order valence-electron chi connectivity index (χ0n) is 9.06. The number of hydrogen-bond acceptors (Lipinski definition) is 4. The SMILES string of the molecule is Cc1c(C(=O)NCc2ncn[nH]2)cnn1C. The molecule has 2 N–H and O–H groups in total. The second kappa shape index (κ2) is 4.13. The molecule has 2 heterocycles. The maximum absolute atomic E-state index is 11.7. The van der Waals surface area contributed by atoms with Crippen molar-refractivity contribution in [2.45, 2.75) is 13.5 Å². The molecule has 0 fully saturated rings. The van der Waals surface area contributed by atoms with E-state index in [1.165, 1.54) is 6.33 Å². The third-order valence-electron chi connectivity index (χ3n) is 2.36. The highest BCUT2D eigenvalue weighted by atomic mass is 16.1. The fourth-order valence-corrected chi connectivity index (χ4v) is 1.30. The van der Waals surface area contributed by atoms with Crippen LogP contribution in [0, 0.1) is 6.92 Å². The van der Waals surface area contributed by atoms with Gasteiger partial charge in [-0.15, -0.1) is 0 Å². The Bertz CT molecular complexity index is 486. The molecule has 0 saturated heterocycles. The van der Waals surface area contributed by atoms with Crippen molar-refractivity contribution >= 4 is 5.91 Å².